The van der Waals surface area contributed by atoms with E-state index in [9.17, 15) is 24.3 Å². The van der Waals surface area contributed by atoms with E-state index in [0.29, 0.717) is 29.1 Å². The van der Waals surface area contributed by atoms with Crippen LogP contribution in [-0.4, -0.2) is 82.0 Å². The highest BCUT2D eigenvalue weighted by Gasteiger charge is 2.77. The van der Waals surface area contributed by atoms with Crippen molar-refractivity contribution in [3.05, 3.63) is 90.5 Å². The first-order chi connectivity index (χ1) is 24.0. The first-order valence-electron chi connectivity index (χ1n) is 17.1. The fraction of sp³-hybridized carbons (Fsp3) is 0.474. The van der Waals surface area contributed by atoms with Gasteiger partial charge in [0.05, 0.1) is 37.1 Å². The number of carbonyl (C=O) groups excluding carboxylic acids is 4. The largest absolute Gasteiger partial charge is 0.455 e. The topological polar surface area (TPSA) is 125 Å². The summed E-state index contributed by atoms with van der Waals surface area (Å²) in [6, 6.07) is 14.0. The SMILES string of the molecule is C=CCCC(=O)NC[C@@H](OC(=O)[C@@H]1[C@H]2O[C@@]3(CC2Br)[C@H](C(=O)N(CC=C)c2ccc(Cl)cc2)N([C@@H](CO)[C@@H](C)CC)C(=O)[C@@H]13)c1ccccc1. The zero-order valence-corrected chi connectivity index (χ0v) is 30.7. The first kappa shape index (κ1) is 37.7. The summed E-state index contributed by atoms with van der Waals surface area (Å²) < 4.78 is 12.9. The molecule has 9 atom stereocenters. The van der Waals surface area contributed by atoms with Crippen molar-refractivity contribution in [1.82, 2.24) is 10.2 Å². The number of allylic oxidation sites excluding steroid dienone is 1. The molecule has 2 aromatic carbocycles. The number of halogens is 2. The van der Waals surface area contributed by atoms with Gasteiger partial charge in [0.1, 0.15) is 17.7 Å². The van der Waals surface area contributed by atoms with Gasteiger partial charge >= 0.3 is 5.97 Å². The van der Waals surface area contributed by atoms with Gasteiger partial charge in [0.2, 0.25) is 11.8 Å². The summed E-state index contributed by atoms with van der Waals surface area (Å²) in [6.07, 6.45) is 3.32. The second-order valence-electron chi connectivity index (χ2n) is 13.2. The smallest absolute Gasteiger partial charge is 0.313 e. The standard InChI is InChI=1S/C38H45BrClN3O7/c1-5-8-14-30(45)41-21-29(24-12-10-9-11-13-24)49-37(48)31-32-35(46)43(28(22-44)23(4)7-3)34(38(32)20-27(39)33(31)50-38)36(47)42(19-6-2)26-17-15-25(40)16-18-26/h5-6,9-13,15-18,23,27-29,31-34,44H,1-2,7-8,14,19-22H2,3-4H3,(H,41,45)/t23-,27?,28-,29+,31-,32+,33-,34-,38+/m0/s1. The molecule has 0 aromatic heterocycles. The Bertz CT molecular complexity index is 1580. The van der Waals surface area contributed by atoms with Gasteiger partial charge in [-0.25, -0.2) is 0 Å². The molecule has 50 heavy (non-hydrogen) atoms. The molecular weight excluding hydrogens is 726 g/mol. The van der Waals surface area contributed by atoms with E-state index in [-0.39, 0.29) is 49.2 Å². The van der Waals surface area contributed by atoms with E-state index in [1.54, 1.807) is 48.6 Å². The van der Waals surface area contributed by atoms with Crippen molar-refractivity contribution in [2.45, 2.75) is 74.3 Å². The fourth-order valence-corrected chi connectivity index (χ4v) is 8.72. The highest BCUT2D eigenvalue weighted by molar-refractivity contribution is 9.09. The Balaban J connectivity index is 1.53. The Kier molecular flexibility index (Phi) is 12.2. The quantitative estimate of drug-likeness (QED) is 0.134. The number of rotatable bonds is 16. The number of ether oxygens (including phenoxy) is 2. The van der Waals surface area contributed by atoms with Crippen LogP contribution in [0.5, 0.6) is 0 Å². The van der Waals surface area contributed by atoms with Crippen LogP contribution in [0.25, 0.3) is 0 Å². The summed E-state index contributed by atoms with van der Waals surface area (Å²) in [4.78, 5) is 59.2. The molecule has 10 nitrogen and oxygen atoms in total. The number of benzene rings is 2. The summed E-state index contributed by atoms with van der Waals surface area (Å²) in [5.41, 5.74) is -0.160. The van der Waals surface area contributed by atoms with Crippen molar-refractivity contribution in [2.75, 3.05) is 24.6 Å². The van der Waals surface area contributed by atoms with E-state index in [4.69, 9.17) is 21.1 Å². The molecule has 3 fully saturated rings. The molecular formula is C38H45BrClN3O7. The highest BCUT2D eigenvalue weighted by Crippen LogP contribution is 2.61. The maximum atomic E-state index is 14.9. The molecule has 3 heterocycles. The molecule has 0 aliphatic carbocycles. The minimum atomic E-state index is -1.38. The second-order valence-corrected chi connectivity index (χ2v) is 14.8. The van der Waals surface area contributed by atoms with Gasteiger partial charge in [-0.3, -0.25) is 19.2 Å². The van der Waals surface area contributed by atoms with E-state index in [1.807, 2.05) is 32.0 Å². The minimum Gasteiger partial charge on any atom is -0.455 e. The lowest BCUT2D eigenvalue weighted by Gasteiger charge is -2.41. The van der Waals surface area contributed by atoms with Crippen LogP contribution < -0.4 is 10.2 Å². The maximum absolute atomic E-state index is 14.9. The van der Waals surface area contributed by atoms with Gasteiger partial charge in [-0.1, -0.05) is 90.3 Å². The average Bonchev–Trinajstić information content (AvgIpc) is 3.72. The predicted molar refractivity (Wildman–Crippen MR) is 195 cm³/mol. The van der Waals surface area contributed by atoms with Gasteiger partial charge in [0, 0.05) is 28.5 Å². The number of hydrogen-bond acceptors (Lipinski definition) is 7. The monoisotopic (exact) mass is 769 g/mol. The lowest BCUT2D eigenvalue weighted by Crippen LogP contribution is -2.60. The first-order valence-corrected chi connectivity index (χ1v) is 18.4. The highest BCUT2D eigenvalue weighted by atomic mass is 79.9. The molecule has 5 rings (SSSR count). The number of nitrogens with zero attached hydrogens (tertiary/aromatic N) is 2. The molecule has 1 unspecified atom stereocenters. The zero-order chi connectivity index (χ0) is 36.2. The summed E-state index contributed by atoms with van der Waals surface area (Å²) in [5, 5.41) is 14.1. The van der Waals surface area contributed by atoms with Crippen molar-refractivity contribution in [3.8, 4) is 0 Å². The van der Waals surface area contributed by atoms with Crippen LogP contribution in [0.3, 0.4) is 0 Å². The van der Waals surface area contributed by atoms with Crippen molar-refractivity contribution >= 4 is 56.9 Å². The lowest BCUT2D eigenvalue weighted by molar-refractivity contribution is -0.161. The molecule has 3 aliphatic rings. The molecule has 2 N–H and O–H groups in total. The summed E-state index contributed by atoms with van der Waals surface area (Å²) in [5.74, 6) is -3.99. The molecule has 3 saturated heterocycles. The predicted octanol–water partition coefficient (Wildman–Crippen LogP) is 5.38. The summed E-state index contributed by atoms with van der Waals surface area (Å²) in [7, 11) is 0. The molecule has 12 heteroatoms. The number of likely N-dealkylation sites (tertiary alicyclic amines) is 1. The van der Waals surface area contributed by atoms with E-state index >= 15 is 0 Å². The van der Waals surface area contributed by atoms with E-state index in [0.717, 1.165) is 0 Å². The molecule has 268 valence electrons. The molecule has 3 amide bonds. The minimum absolute atomic E-state index is 0.0247. The lowest BCUT2D eigenvalue weighted by atomic mass is 9.70. The number of fused-ring (bicyclic) bond motifs is 1. The van der Waals surface area contributed by atoms with Crippen molar-refractivity contribution < 1.29 is 33.8 Å². The zero-order valence-electron chi connectivity index (χ0n) is 28.4. The molecule has 0 radical (unpaired) electrons. The number of esters is 1. The number of anilines is 1. The fourth-order valence-electron chi connectivity index (χ4n) is 7.65. The van der Waals surface area contributed by atoms with E-state index < -0.39 is 59.5 Å². The van der Waals surface area contributed by atoms with E-state index in [1.165, 1.54) is 9.80 Å². The Hall–Kier alpha value is -3.51. The van der Waals surface area contributed by atoms with Crippen LogP contribution in [0.2, 0.25) is 5.02 Å². The molecule has 2 bridgehead atoms. The maximum Gasteiger partial charge on any atom is 0.313 e. The van der Waals surface area contributed by atoms with Gasteiger partial charge in [-0.05, 0) is 48.6 Å². The van der Waals surface area contributed by atoms with Gasteiger partial charge in [0.25, 0.3) is 5.91 Å². The molecule has 0 saturated carbocycles. The average molecular weight is 771 g/mol. The number of nitrogens with one attached hydrogen (secondary N) is 1. The second kappa shape index (κ2) is 16.2. The number of aliphatic hydroxyl groups is 1. The van der Waals surface area contributed by atoms with Crippen LogP contribution >= 0.6 is 27.5 Å². The molecule has 2 aromatic rings. The van der Waals surface area contributed by atoms with Crippen LogP contribution in [0.15, 0.2) is 79.9 Å². The molecule has 1 spiro atoms. The van der Waals surface area contributed by atoms with Gasteiger partial charge < -0.3 is 29.7 Å². The third-order valence-electron chi connectivity index (χ3n) is 10.3. The number of amides is 3. The normalized spacial score (nSPS) is 26.9. The number of carbonyl (C=O) groups is 4. The van der Waals surface area contributed by atoms with Gasteiger partial charge in [-0.2, -0.15) is 0 Å². The van der Waals surface area contributed by atoms with Crippen molar-refractivity contribution in [3.63, 3.8) is 0 Å². The van der Waals surface area contributed by atoms with Crippen LogP contribution in [0.1, 0.15) is 51.2 Å². The molecule has 3 aliphatic heterocycles. The van der Waals surface area contributed by atoms with Crippen molar-refractivity contribution in [2.24, 2.45) is 17.8 Å². The Morgan fingerprint density at radius 3 is 2.50 bits per heavy atom. The van der Waals surface area contributed by atoms with Crippen LogP contribution in [0, 0.1) is 17.8 Å². The Labute approximate surface area is 306 Å². The number of hydrogen-bond donors (Lipinski definition) is 2. The van der Waals surface area contributed by atoms with E-state index in [2.05, 4.69) is 34.4 Å². The summed E-state index contributed by atoms with van der Waals surface area (Å²) in [6.45, 7) is 11.2. The Morgan fingerprint density at radius 1 is 1.18 bits per heavy atom. The van der Waals surface area contributed by atoms with Gasteiger partial charge in [-0.15, -0.1) is 13.2 Å². The third-order valence-corrected chi connectivity index (χ3v) is 11.4. The van der Waals surface area contributed by atoms with Crippen LogP contribution in [0.4, 0.5) is 5.69 Å². The number of alkyl halides is 1. The third kappa shape index (κ3) is 7.15. The van der Waals surface area contributed by atoms with Crippen LogP contribution in [-0.2, 0) is 28.7 Å². The van der Waals surface area contributed by atoms with Crippen molar-refractivity contribution in [1.29, 1.82) is 0 Å². The summed E-state index contributed by atoms with van der Waals surface area (Å²) >= 11 is 9.89. The van der Waals surface area contributed by atoms with Gasteiger partial charge in [0.15, 0.2) is 0 Å². The Morgan fingerprint density at radius 2 is 1.88 bits per heavy atom. The number of aliphatic hydroxyl groups excluding tert-OH is 1.